The van der Waals surface area contributed by atoms with Crippen LogP contribution < -0.4 is 20.1 Å². The smallest absolute Gasteiger partial charge is 0.274 e. The summed E-state index contributed by atoms with van der Waals surface area (Å²) in [4.78, 5) is 16.8. The molecular formula is C22H21N3O3. The molecule has 0 aliphatic carbocycles. The number of anilines is 3. The summed E-state index contributed by atoms with van der Waals surface area (Å²) in [7, 11) is 0. The number of nitrogens with zero attached hydrogens (tertiary/aromatic N) is 1. The maximum absolute atomic E-state index is 12.5. The van der Waals surface area contributed by atoms with Crippen LogP contribution in [0.25, 0.3) is 0 Å². The molecule has 4 rings (SSSR count). The van der Waals surface area contributed by atoms with Crippen molar-refractivity contribution in [1.29, 1.82) is 0 Å². The summed E-state index contributed by atoms with van der Waals surface area (Å²) in [6.45, 7) is 3.17. The number of pyridine rings is 1. The molecule has 1 aromatic heterocycles. The number of carbonyl (C=O) groups is 1. The Balaban J connectivity index is 1.44. The molecule has 3 aromatic rings. The molecule has 0 radical (unpaired) electrons. The van der Waals surface area contributed by atoms with Crippen molar-refractivity contribution in [2.24, 2.45) is 0 Å². The number of carbonyl (C=O) groups excluding carboxylic acids is 1. The number of rotatable bonds is 5. The monoisotopic (exact) mass is 375 g/mol. The fourth-order valence-electron chi connectivity index (χ4n) is 3.03. The Morgan fingerprint density at radius 2 is 1.79 bits per heavy atom. The number of fused-ring (bicyclic) bond motifs is 1. The third-order valence-electron chi connectivity index (χ3n) is 4.47. The van der Waals surface area contributed by atoms with Gasteiger partial charge in [0.1, 0.15) is 18.9 Å². The van der Waals surface area contributed by atoms with E-state index in [-0.39, 0.29) is 5.91 Å². The minimum Gasteiger partial charge on any atom is -0.486 e. The first-order valence-electron chi connectivity index (χ1n) is 9.25. The van der Waals surface area contributed by atoms with Gasteiger partial charge in [-0.05, 0) is 42.3 Å². The predicted octanol–water partition coefficient (Wildman–Crippen LogP) is 4.41. The van der Waals surface area contributed by atoms with Gasteiger partial charge in [0, 0.05) is 17.4 Å². The van der Waals surface area contributed by atoms with Gasteiger partial charge in [-0.1, -0.05) is 25.1 Å². The van der Waals surface area contributed by atoms with Gasteiger partial charge >= 0.3 is 0 Å². The van der Waals surface area contributed by atoms with Gasteiger partial charge in [-0.15, -0.1) is 0 Å². The van der Waals surface area contributed by atoms with Gasteiger partial charge in [0.05, 0.1) is 11.9 Å². The number of aryl methyl sites for hydroxylation is 1. The third-order valence-corrected chi connectivity index (χ3v) is 4.47. The van der Waals surface area contributed by atoms with Gasteiger partial charge < -0.3 is 20.1 Å². The lowest BCUT2D eigenvalue weighted by atomic mass is 10.1. The average Bonchev–Trinajstić information content (AvgIpc) is 2.74. The van der Waals surface area contributed by atoms with Gasteiger partial charge in [0.15, 0.2) is 11.5 Å². The Labute approximate surface area is 163 Å². The fraction of sp³-hybridized carbons (Fsp3) is 0.182. The highest BCUT2D eigenvalue weighted by molar-refractivity contribution is 6.03. The first kappa shape index (κ1) is 17.9. The maximum Gasteiger partial charge on any atom is 0.274 e. The molecule has 1 aliphatic rings. The van der Waals surface area contributed by atoms with E-state index in [1.54, 1.807) is 12.3 Å². The lowest BCUT2D eigenvalue weighted by molar-refractivity contribution is 0.102. The molecule has 0 bridgehead atoms. The number of hydrogen-bond donors (Lipinski definition) is 2. The number of hydrogen-bond acceptors (Lipinski definition) is 5. The molecule has 2 heterocycles. The molecular weight excluding hydrogens is 354 g/mol. The molecule has 0 fully saturated rings. The summed E-state index contributed by atoms with van der Waals surface area (Å²) < 4.78 is 11.1. The van der Waals surface area contributed by atoms with Crippen LogP contribution in [0.2, 0.25) is 0 Å². The van der Waals surface area contributed by atoms with Crippen molar-refractivity contribution in [2.75, 3.05) is 23.8 Å². The van der Waals surface area contributed by atoms with E-state index < -0.39 is 0 Å². The summed E-state index contributed by atoms with van der Waals surface area (Å²) in [6.07, 6.45) is 2.49. The second-order valence-corrected chi connectivity index (χ2v) is 6.38. The van der Waals surface area contributed by atoms with E-state index in [4.69, 9.17) is 9.47 Å². The van der Waals surface area contributed by atoms with Gasteiger partial charge in [-0.3, -0.25) is 4.79 Å². The quantitative estimate of drug-likeness (QED) is 0.691. The van der Waals surface area contributed by atoms with Crippen molar-refractivity contribution in [3.63, 3.8) is 0 Å². The zero-order chi connectivity index (χ0) is 19.3. The van der Waals surface area contributed by atoms with Crippen LogP contribution in [0.15, 0.2) is 60.8 Å². The Morgan fingerprint density at radius 1 is 1.00 bits per heavy atom. The van der Waals surface area contributed by atoms with Crippen LogP contribution in [0.1, 0.15) is 23.0 Å². The number of aromatic nitrogens is 1. The third kappa shape index (κ3) is 3.91. The molecule has 142 valence electrons. The highest BCUT2D eigenvalue weighted by atomic mass is 16.6. The van der Waals surface area contributed by atoms with Gasteiger partial charge in [0.25, 0.3) is 5.91 Å². The summed E-state index contributed by atoms with van der Waals surface area (Å²) in [5, 5.41) is 6.19. The number of para-hydroxylation sites is 1. The molecule has 1 amide bonds. The molecule has 28 heavy (non-hydrogen) atoms. The van der Waals surface area contributed by atoms with Crippen molar-refractivity contribution in [1.82, 2.24) is 4.98 Å². The molecule has 0 saturated heterocycles. The molecule has 1 aliphatic heterocycles. The molecule has 0 saturated carbocycles. The van der Waals surface area contributed by atoms with Crippen LogP contribution in [0, 0.1) is 0 Å². The van der Waals surface area contributed by atoms with E-state index in [0.29, 0.717) is 18.9 Å². The van der Waals surface area contributed by atoms with Crippen LogP contribution >= 0.6 is 0 Å². The van der Waals surface area contributed by atoms with Crippen molar-refractivity contribution in [3.05, 3.63) is 72.1 Å². The highest BCUT2D eigenvalue weighted by Crippen LogP contribution is 2.33. The van der Waals surface area contributed by atoms with Crippen LogP contribution in [0.3, 0.4) is 0 Å². The van der Waals surface area contributed by atoms with Crippen LogP contribution in [0.4, 0.5) is 17.1 Å². The normalized spacial score (nSPS) is 12.3. The number of amides is 1. The first-order valence-corrected chi connectivity index (χ1v) is 9.25. The van der Waals surface area contributed by atoms with E-state index in [0.717, 1.165) is 40.5 Å². The minimum atomic E-state index is -0.230. The lowest BCUT2D eigenvalue weighted by Crippen LogP contribution is -2.15. The molecule has 6 nitrogen and oxygen atoms in total. The van der Waals surface area contributed by atoms with E-state index in [1.165, 1.54) is 0 Å². The molecule has 0 unspecified atom stereocenters. The Bertz CT molecular complexity index is 987. The van der Waals surface area contributed by atoms with Crippen LogP contribution in [-0.4, -0.2) is 24.1 Å². The van der Waals surface area contributed by atoms with Crippen molar-refractivity contribution in [3.8, 4) is 11.5 Å². The van der Waals surface area contributed by atoms with E-state index in [2.05, 4.69) is 22.5 Å². The zero-order valence-electron chi connectivity index (χ0n) is 15.6. The van der Waals surface area contributed by atoms with Crippen molar-refractivity contribution < 1.29 is 14.3 Å². The summed E-state index contributed by atoms with van der Waals surface area (Å²) in [5.41, 5.74) is 3.91. The molecule has 2 N–H and O–H groups in total. The largest absolute Gasteiger partial charge is 0.486 e. The lowest BCUT2D eigenvalue weighted by Gasteiger charge is -2.19. The SMILES string of the molecule is CCc1ccccc1NC(=O)c1ccc(Nc2ccc3c(c2)OCCO3)cn1. The van der Waals surface area contributed by atoms with Gasteiger partial charge in [0.2, 0.25) is 0 Å². The second kappa shape index (κ2) is 8.00. The van der Waals surface area contributed by atoms with Crippen LogP contribution in [-0.2, 0) is 6.42 Å². The summed E-state index contributed by atoms with van der Waals surface area (Å²) in [6, 6.07) is 17.0. The first-order chi connectivity index (χ1) is 13.7. The number of benzene rings is 2. The van der Waals surface area contributed by atoms with Crippen molar-refractivity contribution >= 4 is 23.0 Å². The van der Waals surface area contributed by atoms with Gasteiger partial charge in [-0.2, -0.15) is 0 Å². The Kier molecular flexibility index (Phi) is 5.10. The zero-order valence-corrected chi connectivity index (χ0v) is 15.6. The molecule has 6 heteroatoms. The predicted molar refractivity (Wildman–Crippen MR) is 109 cm³/mol. The standard InChI is InChI=1S/C22H21N3O3/c1-2-15-5-3-4-6-18(15)25-22(26)19-9-7-17(14-23-19)24-16-8-10-20-21(13-16)28-12-11-27-20/h3-10,13-14,24H,2,11-12H2,1H3,(H,25,26). The van der Waals surface area contributed by atoms with Crippen molar-refractivity contribution in [2.45, 2.75) is 13.3 Å². The van der Waals surface area contributed by atoms with Gasteiger partial charge in [-0.25, -0.2) is 4.98 Å². The number of ether oxygens (including phenoxy) is 2. The van der Waals surface area contributed by atoms with Crippen LogP contribution in [0.5, 0.6) is 11.5 Å². The minimum absolute atomic E-state index is 0.230. The maximum atomic E-state index is 12.5. The van der Waals surface area contributed by atoms with E-state index >= 15 is 0 Å². The topological polar surface area (TPSA) is 72.5 Å². The molecule has 2 aromatic carbocycles. The van der Waals surface area contributed by atoms with E-state index in [1.807, 2.05) is 48.5 Å². The van der Waals surface area contributed by atoms with E-state index in [9.17, 15) is 4.79 Å². The fourth-order valence-corrected chi connectivity index (χ4v) is 3.03. The average molecular weight is 375 g/mol. The summed E-state index contributed by atoms with van der Waals surface area (Å²) in [5.74, 6) is 1.23. The second-order valence-electron chi connectivity index (χ2n) is 6.38. The number of nitrogens with one attached hydrogen (secondary N) is 2. The molecule has 0 atom stereocenters. The Morgan fingerprint density at radius 3 is 2.57 bits per heavy atom. The summed E-state index contributed by atoms with van der Waals surface area (Å²) >= 11 is 0. The Hall–Kier alpha value is -3.54. The molecule has 0 spiro atoms. The highest BCUT2D eigenvalue weighted by Gasteiger charge is 2.13.